The van der Waals surface area contributed by atoms with Crippen LogP contribution in [0.5, 0.6) is 0 Å². The molecule has 0 bridgehead atoms. The van der Waals surface area contributed by atoms with Crippen LogP contribution in [0.2, 0.25) is 4.34 Å². The van der Waals surface area contributed by atoms with E-state index in [2.05, 4.69) is 23.3 Å². The van der Waals surface area contributed by atoms with Crippen LogP contribution in [0.25, 0.3) is 0 Å². The first-order chi connectivity index (χ1) is 9.25. The van der Waals surface area contributed by atoms with Crippen molar-refractivity contribution >= 4 is 22.9 Å². The van der Waals surface area contributed by atoms with Gasteiger partial charge in [0.1, 0.15) is 0 Å². The molecule has 2 rings (SSSR count). The minimum absolute atomic E-state index is 0.806. The first-order valence-corrected chi connectivity index (χ1v) is 8.60. The fraction of sp³-hybridized carbons (Fsp3) is 0.733. The van der Waals surface area contributed by atoms with Crippen LogP contribution in [0.4, 0.5) is 0 Å². The van der Waals surface area contributed by atoms with E-state index in [1.807, 2.05) is 6.07 Å². The fourth-order valence-electron chi connectivity index (χ4n) is 2.79. The summed E-state index contributed by atoms with van der Waals surface area (Å²) in [5.41, 5.74) is 0. The monoisotopic (exact) mass is 300 g/mol. The van der Waals surface area contributed by atoms with Crippen LogP contribution >= 0.6 is 22.9 Å². The molecule has 0 unspecified atom stereocenters. The molecule has 0 aliphatic heterocycles. The number of rotatable bonds is 6. The Bertz CT molecular complexity index is 359. The van der Waals surface area contributed by atoms with Gasteiger partial charge in [-0.1, -0.05) is 37.3 Å². The zero-order valence-corrected chi connectivity index (χ0v) is 13.4. The lowest BCUT2D eigenvalue weighted by Crippen LogP contribution is -2.36. The average Bonchev–Trinajstić information content (AvgIpc) is 2.67. The highest BCUT2D eigenvalue weighted by Gasteiger charge is 2.16. The van der Waals surface area contributed by atoms with E-state index in [1.165, 1.54) is 43.4 Å². The summed E-state index contributed by atoms with van der Waals surface area (Å²) in [5, 5.41) is 3.51. The van der Waals surface area contributed by atoms with Gasteiger partial charge in [0.25, 0.3) is 0 Å². The largest absolute Gasteiger partial charge is 0.311 e. The van der Waals surface area contributed by atoms with E-state index >= 15 is 0 Å². The zero-order valence-electron chi connectivity index (χ0n) is 11.8. The molecule has 19 heavy (non-hydrogen) atoms. The van der Waals surface area contributed by atoms with Crippen molar-refractivity contribution in [3.05, 3.63) is 21.3 Å². The van der Waals surface area contributed by atoms with Crippen LogP contribution < -0.4 is 5.32 Å². The van der Waals surface area contributed by atoms with E-state index in [0.29, 0.717) is 0 Å². The molecule has 108 valence electrons. The first kappa shape index (κ1) is 15.3. The van der Waals surface area contributed by atoms with E-state index in [9.17, 15) is 0 Å². The summed E-state index contributed by atoms with van der Waals surface area (Å²) in [4.78, 5) is 3.86. The molecule has 0 atom stereocenters. The topological polar surface area (TPSA) is 15.3 Å². The highest BCUT2D eigenvalue weighted by Crippen LogP contribution is 2.21. The minimum Gasteiger partial charge on any atom is -0.311 e. The lowest BCUT2D eigenvalue weighted by atomic mass is 10.1. The molecule has 1 fully saturated rings. The number of hydrogen-bond acceptors (Lipinski definition) is 3. The van der Waals surface area contributed by atoms with Gasteiger partial charge in [0.05, 0.1) is 4.34 Å². The maximum atomic E-state index is 5.92. The van der Waals surface area contributed by atoms with Crippen molar-refractivity contribution in [1.29, 1.82) is 0 Å². The Hall–Kier alpha value is -0.0900. The summed E-state index contributed by atoms with van der Waals surface area (Å²) in [6.07, 6.45) is 8.46. The van der Waals surface area contributed by atoms with E-state index < -0.39 is 0 Å². The molecule has 0 saturated heterocycles. The standard InChI is InChI=1S/C15H25ClN2S/c1-18(13-6-4-2-3-5-7-13)11-10-17-12-14-8-9-15(16)19-14/h8-9,13,17H,2-7,10-12H2,1H3. The SMILES string of the molecule is CN(CCNCc1ccc(Cl)s1)C1CCCCCC1. The Morgan fingerprint density at radius 2 is 2.00 bits per heavy atom. The molecule has 1 saturated carbocycles. The van der Waals surface area contributed by atoms with Crippen molar-refractivity contribution in [2.24, 2.45) is 0 Å². The third kappa shape index (κ3) is 5.42. The molecule has 1 aliphatic carbocycles. The third-order valence-electron chi connectivity index (χ3n) is 4.02. The second-order valence-electron chi connectivity index (χ2n) is 5.51. The van der Waals surface area contributed by atoms with Crippen LogP contribution in [0.1, 0.15) is 43.4 Å². The zero-order chi connectivity index (χ0) is 13.5. The smallest absolute Gasteiger partial charge is 0.0931 e. The maximum absolute atomic E-state index is 5.92. The lowest BCUT2D eigenvalue weighted by Gasteiger charge is -2.27. The summed E-state index contributed by atoms with van der Waals surface area (Å²) in [5.74, 6) is 0. The molecule has 0 radical (unpaired) electrons. The Labute approximate surface area is 126 Å². The minimum atomic E-state index is 0.806. The van der Waals surface area contributed by atoms with Gasteiger partial charge in [-0.05, 0) is 32.0 Å². The van der Waals surface area contributed by atoms with E-state index in [4.69, 9.17) is 11.6 Å². The van der Waals surface area contributed by atoms with E-state index in [1.54, 1.807) is 11.3 Å². The van der Waals surface area contributed by atoms with Crippen molar-refractivity contribution < 1.29 is 0 Å². The molecule has 1 aromatic rings. The molecule has 1 aromatic heterocycles. The van der Waals surface area contributed by atoms with Gasteiger partial charge in [0.2, 0.25) is 0 Å². The Morgan fingerprint density at radius 3 is 2.63 bits per heavy atom. The number of nitrogens with zero attached hydrogens (tertiary/aromatic N) is 1. The second kappa shape index (κ2) is 8.25. The quantitative estimate of drug-likeness (QED) is 0.627. The van der Waals surface area contributed by atoms with Crippen molar-refractivity contribution in [2.45, 2.75) is 51.1 Å². The van der Waals surface area contributed by atoms with Crippen molar-refractivity contribution in [2.75, 3.05) is 20.1 Å². The van der Waals surface area contributed by atoms with Crippen LogP contribution in [-0.2, 0) is 6.54 Å². The Kier molecular flexibility index (Phi) is 6.65. The summed E-state index contributed by atoms with van der Waals surface area (Å²) < 4.78 is 0.882. The molecule has 4 heteroatoms. The first-order valence-electron chi connectivity index (χ1n) is 7.41. The van der Waals surface area contributed by atoms with Crippen LogP contribution in [0.15, 0.2) is 12.1 Å². The van der Waals surface area contributed by atoms with Gasteiger partial charge in [-0.2, -0.15) is 0 Å². The van der Waals surface area contributed by atoms with Crippen molar-refractivity contribution in [3.63, 3.8) is 0 Å². The van der Waals surface area contributed by atoms with Crippen molar-refractivity contribution in [3.8, 4) is 0 Å². The average molecular weight is 301 g/mol. The van der Waals surface area contributed by atoms with Gasteiger partial charge in [0.15, 0.2) is 0 Å². The molecule has 0 spiro atoms. The molecule has 0 amide bonds. The molecular formula is C15H25ClN2S. The predicted octanol–water partition coefficient (Wildman–Crippen LogP) is 4.15. The van der Waals surface area contributed by atoms with Crippen LogP contribution in [-0.4, -0.2) is 31.1 Å². The normalized spacial score (nSPS) is 17.8. The number of halogens is 1. The summed E-state index contributed by atoms with van der Waals surface area (Å²) in [6.45, 7) is 3.14. The highest BCUT2D eigenvalue weighted by atomic mass is 35.5. The summed E-state index contributed by atoms with van der Waals surface area (Å²) >= 11 is 7.59. The second-order valence-corrected chi connectivity index (χ2v) is 7.31. The molecule has 1 aliphatic rings. The van der Waals surface area contributed by atoms with Gasteiger partial charge in [-0.25, -0.2) is 0 Å². The maximum Gasteiger partial charge on any atom is 0.0931 e. The molecule has 0 aromatic carbocycles. The number of nitrogens with one attached hydrogen (secondary N) is 1. The third-order valence-corrected chi connectivity index (χ3v) is 5.25. The van der Waals surface area contributed by atoms with Crippen molar-refractivity contribution in [1.82, 2.24) is 10.2 Å². The van der Waals surface area contributed by atoms with Gasteiger partial charge >= 0.3 is 0 Å². The van der Waals surface area contributed by atoms with Gasteiger partial charge < -0.3 is 10.2 Å². The molecule has 1 heterocycles. The molecule has 2 nitrogen and oxygen atoms in total. The van der Waals surface area contributed by atoms with Crippen LogP contribution in [0.3, 0.4) is 0 Å². The van der Waals surface area contributed by atoms with Gasteiger partial charge in [0, 0.05) is 30.6 Å². The van der Waals surface area contributed by atoms with E-state index in [0.717, 1.165) is 30.0 Å². The van der Waals surface area contributed by atoms with E-state index in [-0.39, 0.29) is 0 Å². The van der Waals surface area contributed by atoms with Gasteiger partial charge in [-0.3, -0.25) is 0 Å². The molecule has 1 N–H and O–H groups in total. The summed E-state index contributed by atoms with van der Waals surface area (Å²) in [7, 11) is 2.28. The Morgan fingerprint density at radius 1 is 1.26 bits per heavy atom. The highest BCUT2D eigenvalue weighted by molar-refractivity contribution is 7.16. The lowest BCUT2D eigenvalue weighted by molar-refractivity contribution is 0.221. The van der Waals surface area contributed by atoms with Gasteiger partial charge in [-0.15, -0.1) is 11.3 Å². The fourth-order valence-corrected chi connectivity index (χ4v) is 3.85. The number of thiophene rings is 1. The Balaban J connectivity index is 1.61. The summed E-state index contributed by atoms with van der Waals surface area (Å²) in [6, 6.07) is 4.89. The molecular weight excluding hydrogens is 276 g/mol. The number of hydrogen-bond donors (Lipinski definition) is 1. The predicted molar refractivity (Wildman–Crippen MR) is 85.2 cm³/mol. The van der Waals surface area contributed by atoms with Crippen LogP contribution in [0, 0.1) is 0 Å². The number of likely N-dealkylation sites (N-methyl/N-ethyl adjacent to an activating group) is 1.